The molecule has 1 saturated carbocycles. The number of aliphatic hydroxyl groups is 2. The van der Waals surface area contributed by atoms with E-state index in [1.807, 2.05) is 6.07 Å². The maximum absolute atomic E-state index is 14.5. The summed E-state index contributed by atoms with van der Waals surface area (Å²) in [7, 11) is 0. The first kappa shape index (κ1) is 19.7. The largest absolute Gasteiger partial charge is 0.487 e. The topological polar surface area (TPSA) is 106 Å². The Morgan fingerprint density at radius 2 is 2.13 bits per heavy atom. The van der Waals surface area contributed by atoms with Crippen LogP contribution in [0.15, 0.2) is 35.1 Å². The van der Waals surface area contributed by atoms with Crippen LogP contribution < -0.4 is 15.8 Å². The van der Waals surface area contributed by atoms with Crippen molar-refractivity contribution in [1.29, 1.82) is 0 Å². The molecule has 158 valence electrons. The summed E-state index contributed by atoms with van der Waals surface area (Å²) in [5.41, 5.74) is 8.78. The van der Waals surface area contributed by atoms with Gasteiger partial charge in [-0.05, 0) is 36.7 Å². The Kier molecular flexibility index (Phi) is 4.93. The molecule has 4 atom stereocenters. The van der Waals surface area contributed by atoms with Gasteiger partial charge in [0, 0.05) is 41.1 Å². The Labute approximate surface area is 180 Å². The maximum atomic E-state index is 14.5. The van der Waals surface area contributed by atoms with Gasteiger partial charge in [-0.15, -0.1) is 0 Å². The van der Waals surface area contributed by atoms with E-state index in [1.54, 1.807) is 4.57 Å². The summed E-state index contributed by atoms with van der Waals surface area (Å²) in [5, 5.41) is 25.0. The molecule has 0 amide bonds. The van der Waals surface area contributed by atoms with E-state index in [-0.39, 0.29) is 11.1 Å². The Morgan fingerprint density at radius 1 is 1.30 bits per heavy atom. The summed E-state index contributed by atoms with van der Waals surface area (Å²) in [4.78, 5) is 4.24. The number of nitrogens with zero attached hydrogens (tertiary/aromatic N) is 2. The fraction of sp³-hybridized carbons (Fsp3) is 0.381. The maximum Gasteiger partial charge on any atom is 0.152 e. The Bertz CT molecular complexity index is 1120. The second-order valence-electron chi connectivity index (χ2n) is 7.89. The predicted octanol–water partition coefficient (Wildman–Crippen LogP) is 2.28. The number of benzene rings is 1. The molecule has 5 N–H and O–H groups in total. The molecule has 7 nitrogen and oxygen atoms in total. The van der Waals surface area contributed by atoms with Crippen LogP contribution in [0.4, 0.5) is 10.1 Å². The number of hydrogen-bond acceptors (Lipinski definition) is 6. The van der Waals surface area contributed by atoms with Crippen molar-refractivity contribution >= 4 is 32.7 Å². The monoisotopic (exact) mass is 476 g/mol. The standard InChI is InChI=1S/C21H22BrFN4O3/c22-11-5-10-1-3-25-8-12(10)16(6-11)30-17-7-15(19(28)20(17)29)27-9-13(23)18-14(24)2-4-26-21(18)27/h2,4-6,9,15,17,19-20,25,28-29H,1,3,7-8H2,(H2,24,26)/t15-,17+,19+,20-/m1/s1. The molecule has 1 aromatic carbocycles. The van der Waals surface area contributed by atoms with Gasteiger partial charge in [0.2, 0.25) is 0 Å². The molecule has 2 aromatic heterocycles. The van der Waals surface area contributed by atoms with Crippen molar-refractivity contribution in [2.75, 3.05) is 12.3 Å². The predicted molar refractivity (Wildman–Crippen MR) is 114 cm³/mol. The smallest absolute Gasteiger partial charge is 0.152 e. The summed E-state index contributed by atoms with van der Waals surface area (Å²) in [6.45, 7) is 1.58. The fourth-order valence-electron chi connectivity index (χ4n) is 4.56. The molecular weight excluding hydrogens is 455 g/mol. The van der Waals surface area contributed by atoms with E-state index in [9.17, 15) is 14.6 Å². The molecular formula is C21H22BrFN4O3. The second-order valence-corrected chi connectivity index (χ2v) is 8.81. The lowest BCUT2D eigenvalue weighted by Gasteiger charge is -2.24. The Balaban J connectivity index is 1.47. The van der Waals surface area contributed by atoms with Crippen LogP contribution in [0, 0.1) is 5.82 Å². The van der Waals surface area contributed by atoms with Gasteiger partial charge in [-0.2, -0.15) is 0 Å². The summed E-state index contributed by atoms with van der Waals surface area (Å²) in [6.07, 6.45) is 1.08. The Morgan fingerprint density at radius 3 is 2.97 bits per heavy atom. The van der Waals surface area contributed by atoms with Crippen LogP contribution in [-0.4, -0.2) is 44.6 Å². The molecule has 1 aliphatic heterocycles. The van der Waals surface area contributed by atoms with E-state index >= 15 is 0 Å². The van der Waals surface area contributed by atoms with E-state index in [0.29, 0.717) is 24.4 Å². The minimum atomic E-state index is -1.13. The van der Waals surface area contributed by atoms with Gasteiger partial charge < -0.3 is 30.6 Å². The minimum absolute atomic E-state index is 0.218. The van der Waals surface area contributed by atoms with E-state index in [0.717, 1.165) is 23.0 Å². The van der Waals surface area contributed by atoms with Gasteiger partial charge in [-0.1, -0.05) is 15.9 Å². The number of fused-ring (bicyclic) bond motifs is 2. The van der Waals surface area contributed by atoms with Gasteiger partial charge in [0.15, 0.2) is 5.82 Å². The van der Waals surface area contributed by atoms with Gasteiger partial charge in [-0.25, -0.2) is 9.37 Å². The summed E-state index contributed by atoms with van der Waals surface area (Å²) in [5.74, 6) is 0.170. The van der Waals surface area contributed by atoms with E-state index in [2.05, 4.69) is 32.3 Å². The van der Waals surface area contributed by atoms with Crippen LogP contribution >= 0.6 is 15.9 Å². The van der Waals surface area contributed by atoms with Gasteiger partial charge in [-0.3, -0.25) is 0 Å². The van der Waals surface area contributed by atoms with Crippen LogP contribution in [0.1, 0.15) is 23.6 Å². The van der Waals surface area contributed by atoms with Crippen LogP contribution in [0.3, 0.4) is 0 Å². The lowest BCUT2D eigenvalue weighted by Crippen LogP contribution is -2.34. The molecule has 3 heterocycles. The molecule has 3 aromatic rings. The third-order valence-electron chi connectivity index (χ3n) is 6.07. The molecule has 2 aliphatic rings. The van der Waals surface area contributed by atoms with Crippen LogP contribution in [0.2, 0.25) is 0 Å². The average molecular weight is 477 g/mol. The third-order valence-corrected chi connectivity index (χ3v) is 6.53. The van der Waals surface area contributed by atoms with Gasteiger partial charge in [0.25, 0.3) is 0 Å². The first-order valence-corrected chi connectivity index (χ1v) is 10.7. The van der Waals surface area contributed by atoms with E-state index in [4.69, 9.17) is 10.5 Å². The number of aliphatic hydroxyl groups excluding tert-OH is 2. The van der Waals surface area contributed by atoms with Crippen LogP contribution in [0.5, 0.6) is 5.75 Å². The molecule has 0 bridgehead atoms. The Hall–Kier alpha value is -2.20. The van der Waals surface area contributed by atoms with Crippen molar-refractivity contribution in [2.24, 2.45) is 0 Å². The van der Waals surface area contributed by atoms with E-state index in [1.165, 1.54) is 24.0 Å². The van der Waals surface area contributed by atoms with Crippen molar-refractivity contribution in [1.82, 2.24) is 14.9 Å². The summed E-state index contributed by atoms with van der Waals surface area (Å²) >= 11 is 3.52. The van der Waals surface area contributed by atoms with E-state index < -0.39 is 30.2 Å². The van der Waals surface area contributed by atoms with Crippen molar-refractivity contribution in [2.45, 2.75) is 43.7 Å². The number of halogens is 2. The van der Waals surface area contributed by atoms with Crippen molar-refractivity contribution in [3.05, 3.63) is 52.0 Å². The molecule has 1 fully saturated rings. The zero-order chi connectivity index (χ0) is 21.0. The van der Waals surface area contributed by atoms with Gasteiger partial charge >= 0.3 is 0 Å². The SMILES string of the molecule is Nc1ccnc2c1c(F)cn2[C@@H]1C[C@H](Oc2cc(Br)cc3c2CNCC3)[C@@H](O)[C@H]1O. The summed E-state index contributed by atoms with van der Waals surface area (Å²) < 4.78 is 23.1. The van der Waals surface area contributed by atoms with Crippen molar-refractivity contribution in [3.63, 3.8) is 0 Å². The summed E-state index contributed by atoms with van der Waals surface area (Å²) in [6, 6.07) is 4.90. The lowest BCUT2D eigenvalue weighted by atomic mass is 10.00. The average Bonchev–Trinajstić information content (AvgIpc) is 3.20. The highest BCUT2D eigenvalue weighted by atomic mass is 79.9. The molecule has 0 spiro atoms. The second kappa shape index (κ2) is 7.49. The number of aromatic nitrogens is 2. The molecule has 1 aliphatic carbocycles. The first-order chi connectivity index (χ1) is 14.4. The first-order valence-electron chi connectivity index (χ1n) is 9.89. The number of anilines is 1. The number of nitrogens with two attached hydrogens (primary N) is 1. The quantitative estimate of drug-likeness (QED) is 0.462. The molecule has 9 heteroatoms. The van der Waals surface area contributed by atoms with Crippen molar-refractivity contribution in [3.8, 4) is 5.75 Å². The lowest BCUT2D eigenvalue weighted by molar-refractivity contribution is -0.0167. The highest BCUT2D eigenvalue weighted by molar-refractivity contribution is 9.10. The van der Waals surface area contributed by atoms with Crippen molar-refractivity contribution < 1.29 is 19.3 Å². The molecule has 0 saturated heterocycles. The number of hydrogen-bond donors (Lipinski definition) is 4. The number of nitrogen functional groups attached to an aromatic ring is 1. The van der Waals surface area contributed by atoms with Crippen LogP contribution in [-0.2, 0) is 13.0 Å². The normalized spacial score (nSPS) is 26.1. The zero-order valence-corrected chi connectivity index (χ0v) is 17.6. The number of pyridine rings is 1. The van der Waals surface area contributed by atoms with Gasteiger partial charge in [0.05, 0.1) is 11.4 Å². The van der Waals surface area contributed by atoms with Gasteiger partial charge in [0.1, 0.15) is 29.7 Å². The number of ether oxygens (including phenoxy) is 1. The number of nitrogens with one attached hydrogen (secondary N) is 1. The zero-order valence-electron chi connectivity index (χ0n) is 16.1. The third kappa shape index (κ3) is 3.17. The molecule has 0 unspecified atom stereocenters. The molecule has 5 rings (SSSR count). The molecule has 30 heavy (non-hydrogen) atoms. The highest BCUT2D eigenvalue weighted by Crippen LogP contribution is 2.39. The van der Waals surface area contributed by atoms with Crippen LogP contribution in [0.25, 0.3) is 11.0 Å². The number of rotatable bonds is 3. The highest BCUT2D eigenvalue weighted by Gasteiger charge is 2.45. The fourth-order valence-corrected chi connectivity index (χ4v) is 5.05. The molecule has 0 radical (unpaired) electrons. The minimum Gasteiger partial charge on any atom is -0.487 e.